The normalized spacial score (nSPS) is 17.7. The molecule has 0 bridgehead atoms. The van der Waals surface area contributed by atoms with Gasteiger partial charge in [-0.1, -0.05) is 0 Å². The number of rotatable bonds is 2. The molecule has 15 heavy (non-hydrogen) atoms. The molecule has 5 nitrogen and oxygen atoms in total. The Morgan fingerprint density at radius 2 is 1.87 bits per heavy atom. The Bertz CT molecular complexity index is 245. The van der Waals surface area contributed by atoms with Crippen molar-refractivity contribution in [3.8, 4) is 0 Å². The van der Waals surface area contributed by atoms with Gasteiger partial charge in [0.25, 0.3) is 0 Å². The van der Waals surface area contributed by atoms with Gasteiger partial charge in [0.15, 0.2) is 0 Å². The topological polar surface area (TPSA) is 66.6 Å². The van der Waals surface area contributed by atoms with Gasteiger partial charge in [-0.15, -0.1) is 0 Å². The second kappa shape index (κ2) is 5.11. The van der Waals surface area contributed by atoms with Crippen LogP contribution in [0, 0.1) is 5.92 Å². The van der Waals surface area contributed by atoms with E-state index in [-0.39, 0.29) is 24.3 Å². The van der Waals surface area contributed by atoms with E-state index in [0.717, 1.165) is 12.8 Å². The maximum atomic E-state index is 11.6. The zero-order chi connectivity index (χ0) is 11.4. The monoisotopic (exact) mass is 213 g/mol. The largest absolute Gasteiger partial charge is 0.349 e. The molecule has 1 aliphatic rings. The molecule has 0 aromatic carbocycles. The van der Waals surface area contributed by atoms with Gasteiger partial charge in [-0.05, 0) is 12.8 Å². The molecule has 1 saturated heterocycles. The first kappa shape index (κ1) is 12.0. The lowest BCUT2D eigenvalue weighted by Gasteiger charge is -2.32. The minimum absolute atomic E-state index is 0.0225. The molecule has 1 rings (SSSR count). The summed E-state index contributed by atoms with van der Waals surface area (Å²) in [6.07, 6.45) is 1.51. The van der Waals surface area contributed by atoms with E-state index < -0.39 is 0 Å². The lowest BCUT2D eigenvalue weighted by molar-refractivity contribution is -0.138. The summed E-state index contributed by atoms with van der Waals surface area (Å²) in [4.78, 5) is 26.3. The van der Waals surface area contributed by atoms with Gasteiger partial charge in [0.05, 0.1) is 6.54 Å². The highest BCUT2D eigenvalue weighted by atomic mass is 16.2. The van der Waals surface area contributed by atoms with Crippen molar-refractivity contribution in [2.24, 2.45) is 11.7 Å². The number of carbonyl (C=O) groups excluding carboxylic acids is 2. The van der Waals surface area contributed by atoms with E-state index in [0.29, 0.717) is 13.1 Å². The van der Waals surface area contributed by atoms with E-state index in [9.17, 15) is 9.59 Å². The van der Waals surface area contributed by atoms with Crippen molar-refractivity contribution >= 4 is 11.8 Å². The fraction of sp³-hybridized carbons (Fsp3) is 0.800. The molecule has 0 radical (unpaired) electrons. The molecule has 1 heterocycles. The summed E-state index contributed by atoms with van der Waals surface area (Å²) < 4.78 is 0. The molecule has 0 aromatic heterocycles. The van der Waals surface area contributed by atoms with E-state index in [4.69, 9.17) is 5.73 Å². The SMILES string of the molecule is CN(C)C(=O)C1CCN(C(=O)CN)CC1. The molecule has 0 aromatic rings. The zero-order valence-electron chi connectivity index (χ0n) is 9.40. The average molecular weight is 213 g/mol. The van der Waals surface area contributed by atoms with Crippen molar-refractivity contribution in [3.63, 3.8) is 0 Å². The molecule has 0 atom stereocenters. The van der Waals surface area contributed by atoms with Crippen LogP contribution in [0.1, 0.15) is 12.8 Å². The van der Waals surface area contributed by atoms with Gasteiger partial charge in [0, 0.05) is 33.1 Å². The Balaban J connectivity index is 2.42. The van der Waals surface area contributed by atoms with Crippen LogP contribution in [0.2, 0.25) is 0 Å². The lowest BCUT2D eigenvalue weighted by atomic mass is 9.95. The standard InChI is InChI=1S/C10H19N3O2/c1-12(2)10(15)8-3-5-13(6-4-8)9(14)7-11/h8H,3-7,11H2,1-2H3. The first-order valence-electron chi connectivity index (χ1n) is 5.25. The fourth-order valence-corrected chi connectivity index (χ4v) is 1.87. The van der Waals surface area contributed by atoms with E-state index >= 15 is 0 Å². The summed E-state index contributed by atoms with van der Waals surface area (Å²) in [5, 5.41) is 0. The summed E-state index contributed by atoms with van der Waals surface area (Å²) in [6.45, 7) is 1.37. The fourth-order valence-electron chi connectivity index (χ4n) is 1.87. The Hall–Kier alpha value is -1.10. The van der Waals surface area contributed by atoms with E-state index in [1.807, 2.05) is 0 Å². The van der Waals surface area contributed by atoms with Crippen LogP contribution in [-0.2, 0) is 9.59 Å². The summed E-state index contributed by atoms with van der Waals surface area (Å²) in [7, 11) is 3.53. The van der Waals surface area contributed by atoms with E-state index in [2.05, 4.69) is 0 Å². The number of likely N-dealkylation sites (tertiary alicyclic amines) is 1. The van der Waals surface area contributed by atoms with Crippen molar-refractivity contribution in [2.45, 2.75) is 12.8 Å². The maximum Gasteiger partial charge on any atom is 0.236 e. The average Bonchev–Trinajstić information content (AvgIpc) is 2.27. The number of hydrogen-bond donors (Lipinski definition) is 1. The number of amides is 2. The first-order valence-corrected chi connectivity index (χ1v) is 5.25. The molecule has 86 valence electrons. The molecule has 0 saturated carbocycles. The van der Waals surface area contributed by atoms with Crippen LogP contribution < -0.4 is 5.73 Å². The van der Waals surface area contributed by atoms with Gasteiger partial charge < -0.3 is 15.5 Å². The molecule has 1 aliphatic heterocycles. The Kier molecular flexibility index (Phi) is 4.08. The third-order valence-corrected chi connectivity index (χ3v) is 2.81. The van der Waals surface area contributed by atoms with Gasteiger partial charge in [-0.2, -0.15) is 0 Å². The lowest BCUT2D eigenvalue weighted by Crippen LogP contribution is -2.44. The molecule has 2 amide bonds. The number of nitrogens with zero attached hydrogens (tertiary/aromatic N) is 2. The van der Waals surface area contributed by atoms with Crippen molar-refractivity contribution in [1.82, 2.24) is 9.80 Å². The van der Waals surface area contributed by atoms with Crippen LogP contribution in [0.25, 0.3) is 0 Å². The first-order chi connectivity index (χ1) is 7.06. The predicted octanol–water partition coefficient (Wildman–Crippen LogP) is -0.728. The highest BCUT2D eigenvalue weighted by Crippen LogP contribution is 2.18. The highest BCUT2D eigenvalue weighted by Gasteiger charge is 2.27. The predicted molar refractivity (Wildman–Crippen MR) is 57.1 cm³/mol. The van der Waals surface area contributed by atoms with Gasteiger partial charge >= 0.3 is 0 Å². The minimum atomic E-state index is -0.0225. The molecule has 0 aliphatic carbocycles. The van der Waals surface area contributed by atoms with Crippen LogP contribution in [0.5, 0.6) is 0 Å². The van der Waals surface area contributed by atoms with Crippen molar-refractivity contribution < 1.29 is 9.59 Å². The quantitative estimate of drug-likeness (QED) is 0.658. The molecule has 0 spiro atoms. The maximum absolute atomic E-state index is 11.6. The summed E-state index contributed by atoms with van der Waals surface area (Å²) in [6, 6.07) is 0. The van der Waals surface area contributed by atoms with Crippen LogP contribution in [0.4, 0.5) is 0 Å². The van der Waals surface area contributed by atoms with Gasteiger partial charge in [0.1, 0.15) is 0 Å². The Morgan fingerprint density at radius 3 is 2.27 bits per heavy atom. The van der Waals surface area contributed by atoms with Crippen LogP contribution in [0.15, 0.2) is 0 Å². The second-order valence-electron chi connectivity index (χ2n) is 4.09. The molecular weight excluding hydrogens is 194 g/mol. The number of piperidine rings is 1. The number of nitrogens with two attached hydrogens (primary N) is 1. The van der Waals surface area contributed by atoms with Gasteiger partial charge in [-0.25, -0.2) is 0 Å². The van der Waals surface area contributed by atoms with Crippen molar-refractivity contribution in [1.29, 1.82) is 0 Å². The van der Waals surface area contributed by atoms with Gasteiger partial charge in [0.2, 0.25) is 11.8 Å². The summed E-state index contributed by atoms with van der Waals surface area (Å²) >= 11 is 0. The van der Waals surface area contributed by atoms with Crippen LogP contribution in [0.3, 0.4) is 0 Å². The summed E-state index contributed by atoms with van der Waals surface area (Å²) in [5.41, 5.74) is 5.28. The zero-order valence-corrected chi connectivity index (χ0v) is 9.40. The molecule has 1 fully saturated rings. The minimum Gasteiger partial charge on any atom is -0.349 e. The summed E-state index contributed by atoms with van der Waals surface area (Å²) in [5.74, 6) is 0.211. The molecule has 2 N–H and O–H groups in total. The molecule has 0 unspecified atom stereocenters. The Morgan fingerprint density at radius 1 is 1.33 bits per heavy atom. The number of carbonyl (C=O) groups is 2. The second-order valence-corrected chi connectivity index (χ2v) is 4.09. The third kappa shape index (κ3) is 2.92. The van der Waals surface area contributed by atoms with Crippen LogP contribution in [-0.4, -0.2) is 55.3 Å². The highest BCUT2D eigenvalue weighted by molar-refractivity contribution is 5.80. The smallest absolute Gasteiger partial charge is 0.236 e. The van der Waals surface area contributed by atoms with E-state index in [1.54, 1.807) is 23.9 Å². The van der Waals surface area contributed by atoms with E-state index in [1.165, 1.54) is 0 Å². The van der Waals surface area contributed by atoms with Crippen molar-refractivity contribution in [3.05, 3.63) is 0 Å². The third-order valence-electron chi connectivity index (χ3n) is 2.81. The molecular formula is C10H19N3O2. The Labute approximate surface area is 90.2 Å². The van der Waals surface area contributed by atoms with Crippen LogP contribution >= 0.6 is 0 Å². The number of hydrogen-bond acceptors (Lipinski definition) is 3. The molecule has 5 heteroatoms. The van der Waals surface area contributed by atoms with Crippen molar-refractivity contribution in [2.75, 3.05) is 33.7 Å². The van der Waals surface area contributed by atoms with Gasteiger partial charge in [-0.3, -0.25) is 9.59 Å².